The largest absolute Gasteiger partial charge is 0.480 e. The molecule has 1 aliphatic heterocycles. The number of hydrogen-bond donors (Lipinski definition) is 2. The van der Waals surface area contributed by atoms with Crippen LogP contribution in [0.25, 0.3) is 0 Å². The summed E-state index contributed by atoms with van der Waals surface area (Å²) in [6, 6.07) is 25.0. The number of carbonyl (C=O) groups is 3. The van der Waals surface area contributed by atoms with E-state index in [-0.39, 0.29) is 25.3 Å². The third-order valence-electron chi connectivity index (χ3n) is 8.23. The van der Waals surface area contributed by atoms with E-state index in [2.05, 4.69) is 5.32 Å². The molecule has 3 aromatic carbocycles. The molecule has 0 unspecified atom stereocenters. The molecule has 0 radical (unpaired) electrons. The first-order valence-electron chi connectivity index (χ1n) is 14.6. The molecule has 0 aromatic heterocycles. The number of nitrogens with one attached hydrogen (secondary N) is 1. The van der Waals surface area contributed by atoms with Crippen LogP contribution in [-0.4, -0.2) is 41.6 Å². The standard InChI is InChI=1S/C33H37N2O7P/c36-30(37)21-35-29-16-8-7-15-27(29)17-18-28(31(35)38)34-32(39)33(19-9-10-20-33)24-43(40,41-22-25-11-3-1-4-12-25)42-23-26-13-5-2-6-14-26/h1-8,11-16,28H,9-10,17-24H2,(H,34,39)(H,36,37)/t28-/m0/s1. The van der Waals surface area contributed by atoms with Crippen molar-refractivity contribution in [3.8, 4) is 0 Å². The quantitative estimate of drug-likeness (QED) is 0.254. The Bertz CT molecular complexity index is 1430. The van der Waals surface area contributed by atoms with Crippen molar-refractivity contribution in [3.05, 3.63) is 102 Å². The van der Waals surface area contributed by atoms with Gasteiger partial charge in [0.15, 0.2) is 0 Å². The van der Waals surface area contributed by atoms with Crippen molar-refractivity contribution in [3.63, 3.8) is 0 Å². The molecule has 1 saturated carbocycles. The number of anilines is 1. The highest BCUT2D eigenvalue weighted by molar-refractivity contribution is 7.53. The normalized spacial score (nSPS) is 18.1. The van der Waals surface area contributed by atoms with E-state index in [1.165, 1.54) is 4.90 Å². The van der Waals surface area contributed by atoms with E-state index in [9.17, 15) is 24.1 Å². The summed E-state index contributed by atoms with van der Waals surface area (Å²) in [5.74, 6) is -2.00. The average molecular weight is 605 g/mol. The van der Waals surface area contributed by atoms with Crippen LogP contribution in [0.1, 0.15) is 48.8 Å². The molecule has 2 aliphatic rings. The fourth-order valence-electron chi connectivity index (χ4n) is 5.96. The molecule has 1 heterocycles. The number of amides is 2. The summed E-state index contributed by atoms with van der Waals surface area (Å²) < 4.78 is 26.4. The first-order chi connectivity index (χ1) is 20.8. The number of aliphatic carboxylic acids is 1. The van der Waals surface area contributed by atoms with Crippen molar-refractivity contribution in [1.29, 1.82) is 0 Å². The van der Waals surface area contributed by atoms with E-state index in [1.807, 2.05) is 72.8 Å². The molecule has 1 aliphatic carbocycles. The number of benzene rings is 3. The molecule has 0 saturated heterocycles. The summed E-state index contributed by atoms with van der Waals surface area (Å²) in [4.78, 5) is 40.6. The van der Waals surface area contributed by atoms with Gasteiger partial charge >= 0.3 is 13.6 Å². The first kappa shape index (κ1) is 30.7. The predicted molar refractivity (Wildman–Crippen MR) is 163 cm³/mol. The Labute approximate surface area is 251 Å². The minimum absolute atomic E-state index is 0.0636. The Kier molecular flexibility index (Phi) is 9.76. The van der Waals surface area contributed by atoms with Gasteiger partial charge in [0.1, 0.15) is 12.6 Å². The number of fused-ring (bicyclic) bond motifs is 1. The van der Waals surface area contributed by atoms with Gasteiger partial charge in [-0.3, -0.25) is 23.8 Å². The number of carboxylic acids is 1. The lowest BCUT2D eigenvalue weighted by Gasteiger charge is -2.33. The summed E-state index contributed by atoms with van der Waals surface area (Å²) in [6.45, 7) is -0.383. The molecule has 2 N–H and O–H groups in total. The van der Waals surface area contributed by atoms with Crippen molar-refractivity contribution in [2.24, 2.45) is 5.41 Å². The van der Waals surface area contributed by atoms with Crippen molar-refractivity contribution in [1.82, 2.24) is 5.32 Å². The molecule has 2 amide bonds. The van der Waals surface area contributed by atoms with Gasteiger partial charge in [0.05, 0.1) is 24.8 Å². The highest BCUT2D eigenvalue weighted by atomic mass is 31.2. The van der Waals surface area contributed by atoms with Crippen LogP contribution < -0.4 is 10.2 Å². The average Bonchev–Trinajstić information content (AvgIpc) is 3.45. The van der Waals surface area contributed by atoms with Crippen molar-refractivity contribution in [2.45, 2.75) is 57.8 Å². The maximum Gasteiger partial charge on any atom is 0.332 e. The molecule has 43 heavy (non-hydrogen) atoms. The number of nitrogens with zero attached hydrogens (tertiary/aromatic N) is 1. The van der Waals surface area contributed by atoms with Gasteiger partial charge in [0.2, 0.25) is 11.8 Å². The number of hydrogen-bond acceptors (Lipinski definition) is 6. The Morgan fingerprint density at radius 2 is 1.44 bits per heavy atom. The molecule has 10 heteroatoms. The number of carbonyl (C=O) groups excluding carboxylic acids is 2. The van der Waals surface area contributed by atoms with Crippen LogP contribution in [0.3, 0.4) is 0 Å². The Balaban J connectivity index is 1.37. The second-order valence-corrected chi connectivity index (χ2v) is 13.3. The lowest BCUT2D eigenvalue weighted by Crippen LogP contribution is -2.53. The van der Waals surface area contributed by atoms with E-state index in [0.29, 0.717) is 31.4 Å². The summed E-state index contributed by atoms with van der Waals surface area (Å²) >= 11 is 0. The van der Waals surface area contributed by atoms with E-state index < -0.39 is 37.5 Å². The molecular weight excluding hydrogens is 567 g/mol. The van der Waals surface area contributed by atoms with Crippen LogP contribution >= 0.6 is 7.60 Å². The number of carboxylic acid groups (broad SMARTS) is 1. The van der Waals surface area contributed by atoms with Crippen LogP contribution in [0.2, 0.25) is 0 Å². The fourth-order valence-corrected chi connectivity index (χ4v) is 8.11. The summed E-state index contributed by atoms with van der Waals surface area (Å²) in [5.41, 5.74) is 1.99. The minimum Gasteiger partial charge on any atom is -0.480 e. The van der Waals surface area contributed by atoms with E-state index in [0.717, 1.165) is 29.5 Å². The van der Waals surface area contributed by atoms with E-state index >= 15 is 0 Å². The fraction of sp³-hybridized carbons (Fsp3) is 0.364. The van der Waals surface area contributed by atoms with Crippen LogP contribution in [0.4, 0.5) is 5.69 Å². The SMILES string of the molecule is O=C(O)CN1C(=O)[C@@H](NC(=O)C2(CP(=O)(OCc3ccccc3)OCc3ccccc3)CCCC2)CCc2ccccc21. The van der Waals surface area contributed by atoms with Gasteiger partial charge in [-0.1, -0.05) is 91.7 Å². The number of rotatable bonds is 12. The molecule has 3 aromatic rings. The summed E-state index contributed by atoms with van der Waals surface area (Å²) in [7, 11) is -3.81. The molecule has 1 fully saturated rings. The number of aryl methyl sites for hydroxylation is 1. The zero-order valence-corrected chi connectivity index (χ0v) is 24.9. The van der Waals surface area contributed by atoms with Crippen LogP contribution in [0.15, 0.2) is 84.9 Å². The van der Waals surface area contributed by atoms with Crippen LogP contribution in [-0.2, 0) is 47.6 Å². The first-order valence-corrected chi connectivity index (χ1v) is 16.4. The van der Waals surface area contributed by atoms with Gasteiger partial charge in [-0.15, -0.1) is 0 Å². The van der Waals surface area contributed by atoms with Crippen molar-refractivity contribution < 1.29 is 33.1 Å². The Morgan fingerprint density at radius 3 is 2.02 bits per heavy atom. The topological polar surface area (TPSA) is 122 Å². The smallest absolute Gasteiger partial charge is 0.332 e. The highest BCUT2D eigenvalue weighted by Gasteiger charge is 2.49. The van der Waals surface area contributed by atoms with Crippen molar-refractivity contribution >= 4 is 31.1 Å². The second-order valence-electron chi connectivity index (χ2n) is 11.3. The lowest BCUT2D eigenvalue weighted by atomic mass is 9.87. The zero-order valence-electron chi connectivity index (χ0n) is 24.0. The highest BCUT2D eigenvalue weighted by Crippen LogP contribution is 2.57. The summed E-state index contributed by atoms with van der Waals surface area (Å²) in [6.07, 6.45) is 3.18. The number of para-hydroxylation sites is 1. The zero-order chi connectivity index (χ0) is 30.3. The van der Waals surface area contributed by atoms with Crippen LogP contribution in [0, 0.1) is 5.41 Å². The third-order valence-corrected chi connectivity index (χ3v) is 10.3. The van der Waals surface area contributed by atoms with Crippen LogP contribution in [0.5, 0.6) is 0 Å². The second kappa shape index (κ2) is 13.7. The monoisotopic (exact) mass is 604 g/mol. The van der Waals surface area contributed by atoms with Gasteiger partial charge in [-0.2, -0.15) is 0 Å². The van der Waals surface area contributed by atoms with Gasteiger partial charge in [0, 0.05) is 5.69 Å². The minimum atomic E-state index is -3.81. The van der Waals surface area contributed by atoms with E-state index in [4.69, 9.17) is 9.05 Å². The molecule has 226 valence electrons. The van der Waals surface area contributed by atoms with Gasteiger partial charge in [-0.05, 0) is 48.4 Å². The van der Waals surface area contributed by atoms with Gasteiger partial charge in [0.25, 0.3) is 0 Å². The Morgan fingerprint density at radius 1 is 0.884 bits per heavy atom. The molecular formula is C33H37N2O7P. The van der Waals surface area contributed by atoms with Gasteiger partial charge < -0.3 is 19.5 Å². The Hall–Kier alpha value is -3.78. The molecule has 1 atom stereocenters. The maximum absolute atomic E-state index is 14.4. The van der Waals surface area contributed by atoms with E-state index in [1.54, 1.807) is 12.1 Å². The summed E-state index contributed by atoms with van der Waals surface area (Å²) in [5, 5.41) is 12.5. The van der Waals surface area contributed by atoms with Gasteiger partial charge in [-0.25, -0.2) is 0 Å². The molecule has 0 bridgehead atoms. The molecule has 9 nitrogen and oxygen atoms in total. The molecule has 5 rings (SSSR count). The maximum atomic E-state index is 14.4. The lowest BCUT2D eigenvalue weighted by molar-refractivity contribution is -0.137. The third kappa shape index (κ3) is 7.60. The van der Waals surface area contributed by atoms with Crippen molar-refractivity contribution in [2.75, 3.05) is 17.6 Å². The predicted octanol–water partition coefficient (Wildman–Crippen LogP) is 5.72. The molecule has 0 spiro atoms.